The minimum Gasteiger partial charge on any atom is -0.399 e. The average Bonchev–Trinajstić information content (AvgIpc) is 3.02. The Balaban J connectivity index is 1.78. The quantitative estimate of drug-likeness (QED) is 0.571. The summed E-state index contributed by atoms with van der Waals surface area (Å²) in [5.41, 5.74) is 9.30. The van der Waals surface area contributed by atoms with Gasteiger partial charge in [-0.1, -0.05) is 25.0 Å². The Hall–Kier alpha value is -1.02. The highest BCUT2D eigenvalue weighted by Gasteiger charge is 2.19. The molecule has 82 valence electrons. The second kappa shape index (κ2) is 4.67. The maximum absolute atomic E-state index is 5.86. The largest absolute Gasteiger partial charge is 0.399 e. The fraction of sp³-hybridized carbons (Fsp3) is 0.538. The molecule has 15 heavy (non-hydrogen) atoms. The maximum atomic E-state index is 5.86. The molecule has 1 fully saturated rings. The Kier molecular flexibility index (Phi) is 3.27. The molecule has 1 aliphatic carbocycles. The van der Waals surface area contributed by atoms with E-state index in [1.165, 1.54) is 30.4 Å². The van der Waals surface area contributed by atoms with Gasteiger partial charge in [0, 0.05) is 12.2 Å². The first kappa shape index (κ1) is 10.5. The number of nitrogen functional groups attached to an aromatic ring is 1. The molecule has 0 atom stereocenters. The summed E-state index contributed by atoms with van der Waals surface area (Å²) in [6.07, 6.45) is 4.22. The molecule has 1 saturated carbocycles. The van der Waals surface area contributed by atoms with E-state index in [1.54, 1.807) is 0 Å². The predicted molar refractivity (Wildman–Crippen MR) is 64.6 cm³/mol. The number of nitrogens with two attached hydrogens (primary N) is 1. The van der Waals surface area contributed by atoms with Gasteiger partial charge in [-0.2, -0.15) is 0 Å². The summed E-state index contributed by atoms with van der Waals surface area (Å²) in [6, 6.07) is 6.14. The van der Waals surface area contributed by atoms with Crippen LogP contribution >= 0.6 is 0 Å². The van der Waals surface area contributed by atoms with E-state index in [1.807, 2.05) is 12.1 Å². The summed E-state index contributed by atoms with van der Waals surface area (Å²) in [5, 5.41) is 3.49. The first-order valence-electron chi connectivity index (χ1n) is 5.82. The Bertz CT molecular complexity index is 329. The monoisotopic (exact) mass is 204 g/mol. The van der Waals surface area contributed by atoms with E-state index < -0.39 is 0 Å². The van der Waals surface area contributed by atoms with Gasteiger partial charge in [-0.25, -0.2) is 0 Å². The SMILES string of the molecule is Cc1c(N)cccc1CNCCC1CC1. The van der Waals surface area contributed by atoms with Crippen LogP contribution in [0.25, 0.3) is 0 Å². The van der Waals surface area contributed by atoms with Crippen molar-refractivity contribution < 1.29 is 0 Å². The van der Waals surface area contributed by atoms with Gasteiger partial charge in [0.05, 0.1) is 0 Å². The van der Waals surface area contributed by atoms with E-state index in [0.29, 0.717) is 0 Å². The van der Waals surface area contributed by atoms with Gasteiger partial charge in [-0.05, 0) is 43.0 Å². The van der Waals surface area contributed by atoms with Crippen LogP contribution in [0.15, 0.2) is 18.2 Å². The van der Waals surface area contributed by atoms with Crippen LogP contribution in [-0.2, 0) is 6.54 Å². The number of benzene rings is 1. The molecule has 0 spiro atoms. The third kappa shape index (κ3) is 2.96. The molecule has 1 aromatic carbocycles. The van der Waals surface area contributed by atoms with Gasteiger partial charge in [0.2, 0.25) is 0 Å². The Morgan fingerprint density at radius 1 is 1.40 bits per heavy atom. The molecule has 1 aliphatic rings. The van der Waals surface area contributed by atoms with Crippen molar-refractivity contribution in [2.45, 2.75) is 32.7 Å². The minimum absolute atomic E-state index is 0.900. The highest BCUT2D eigenvalue weighted by Crippen LogP contribution is 2.31. The first-order chi connectivity index (χ1) is 7.27. The van der Waals surface area contributed by atoms with Crippen LogP contribution < -0.4 is 11.1 Å². The van der Waals surface area contributed by atoms with Gasteiger partial charge in [0.15, 0.2) is 0 Å². The maximum Gasteiger partial charge on any atom is 0.0346 e. The zero-order chi connectivity index (χ0) is 10.7. The van der Waals surface area contributed by atoms with Crippen LogP contribution in [-0.4, -0.2) is 6.54 Å². The third-order valence-corrected chi connectivity index (χ3v) is 3.23. The molecule has 0 radical (unpaired) electrons. The summed E-state index contributed by atoms with van der Waals surface area (Å²) in [4.78, 5) is 0. The Morgan fingerprint density at radius 3 is 2.93 bits per heavy atom. The van der Waals surface area contributed by atoms with Crippen LogP contribution in [0.3, 0.4) is 0 Å². The first-order valence-corrected chi connectivity index (χ1v) is 5.82. The standard InChI is InChI=1S/C13H20N2/c1-10-12(3-2-4-13(10)14)9-15-8-7-11-5-6-11/h2-4,11,15H,5-9,14H2,1H3. The van der Waals surface area contributed by atoms with Crippen LogP contribution in [0, 0.1) is 12.8 Å². The van der Waals surface area contributed by atoms with E-state index in [-0.39, 0.29) is 0 Å². The summed E-state index contributed by atoms with van der Waals surface area (Å²) in [5.74, 6) is 1.01. The lowest BCUT2D eigenvalue weighted by molar-refractivity contribution is 0.612. The molecule has 2 nitrogen and oxygen atoms in total. The van der Waals surface area contributed by atoms with Crippen molar-refractivity contribution in [3.8, 4) is 0 Å². The van der Waals surface area contributed by atoms with Gasteiger partial charge in [0.25, 0.3) is 0 Å². The molecule has 2 heteroatoms. The molecular formula is C13H20N2. The zero-order valence-corrected chi connectivity index (χ0v) is 9.42. The molecule has 1 aromatic rings. The van der Waals surface area contributed by atoms with Crippen LogP contribution in [0.5, 0.6) is 0 Å². The number of anilines is 1. The summed E-state index contributed by atoms with van der Waals surface area (Å²) in [7, 11) is 0. The van der Waals surface area contributed by atoms with E-state index in [4.69, 9.17) is 5.73 Å². The van der Waals surface area contributed by atoms with Crippen molar-refractivity contribution in [2.24, 2.45) is 5.92 Å². The van der Waals surface area contributed by atoms with Crippen molar-refractivity contribution in [2.75, 3.05) is 12.3 Å². The number of hydrogen-bond donors (Lipinski definition) is 2. The van der Waals surface area contributed by atoms with Crippen molar-refractivity contribution in [3.63, 3.8) is 0 Å². The smallest absolute Gasteiger partial charge is 0.0346 e. The second-order valence-corrected chi connectivity index (χ2v) is 4.54. The Labute approximate surface area is 91.9 Å². The van der Waals surface area contributed by atoms with Crippen LogP contribution in [0.2, 0.25) is 0 Å². The second-order valence-electron chi connectivity index (χ2n) is 4.54. The molecule has 3 N–H and O–H groups in total. The van der Waals surface area contributed by atoms with E-state index >= 15 is 0 Å². The molecule has 0 amide bonds. The molecule has 0 aliphatic heterocycles. The third-order valence-electron chi connectivity index (χ3n) is 3.23. The Morgan fingerprint density at radius 2 is 2.20 bits per heavy atom. The topological polar surface area (TPSA) is 38.0 Å². The molecule has 0 saturated heterocycles. The molecule has 0 aromatic heterocycles. The average molecular weight is 204 g/mol. The lowest BCUT2D eigenvalue weighted by Gasteiger charge is -2.09. The normalized spacial score (nSPS) is 15.5. The highest BCUT2D eigenvalue weighted by atomic mass is 14.8. The van der Waals surface area contributed by atoms with E-state index in [9.17, 15) is 0 Å². The van der Waals surface area contributed by atoms with E-state index in [2.05, 4.69) is 18.3 Å². The molecular weight excluding hydrogens is 184 g/mol. The minimum atomic E-state index is 0.900. The van der Waals surface area contributed by atoms with Gasteiger partial charge >= 0.3 is 0 Å². The fourth-order valence-electron chi connectivity index (χ4n) is 1.83. The number of nitrogens with one attached hydrogen (secondary N) is 1. The van der Waals surface area contributed by atoms with Gasteiger partial charge in [-0.15, -0.1) is 0 Å². The highest BCUT2D eigenvalue weighted by molar-refractivity contribution is 5.49. The summed E-state index contributed by atoms with van der Waals surface area (Å²) < 4.78 is 0. The lowest BCUT2D eigenvalue weighted by Crippen LogP contribution is -2.16. The number of rotatable bonds is 5. The van der Waals surface area contributed by atoms with Gasteiger partial charge in [-0.3, -0.25) is 0 Å². The van der Waals surface area contributed by atoms with Crippen molar-refractivity contribution in [3.05, 3.63) is 29.3 Å². The van der Waals surface area contributed by atoms with Crippen LogP contribution in [0.1, 0.15) is 30.4 Å². The zero-order valence-electron chi connectivity index (χ0n) is 9.42. The number of hydrogen-bond acceptors (Lipinski definition) is 2. The van der Waals surface area contributed by atoms with Crippen molar-refractivity contribution >= 4 is 5.69 Å². The van der Waals surface area contributed by atoms with Crippen molar-refractivity contribution in [1.29, 1.82) is 0 Å². The summed E-state index contributed by atoms with van der Waals surface area (Å²) in [6.45, 7) is 4.18. The van der Waals surface area contributed by atoms with Gasteiger partial charge < -0.3 is 11.1 Å². The van der Waals surface area contributed by atoms with Crippen LogP contribution in [0.4, 0.5) is 5.69 Å². The predicted octanol–water partition coefficient (Wildman–Crippen LogP) is 2.47. The fourth-order valence-corrected chi connectivity index (χ4v) is 1.83. The summed E-state index contributed by atoms with van der Waals surface area (Å²) >= 11 is 0. The molecule has 0 heterocycles. The van der Waals surface area contributed by atoms with Crippen molar-refractivity contribution in [1.82, 2.24) is 5.32 Å². The van der Waals surface area contributed by atoms with E-state index in [0.717, 1.165) is 24.7 Å². The molecule has 2 rings (SSSR count). The lowest BCUT2D eigenvalue weighted by atomic mass is 10.1. The molecule has 0 bridgehead atoms. The van der Waals surface area contributed by atoms with Gasteiger partial charge in [0.1, 0.15) is 0 Å². The molecule has 0 unspecified atom stereocenters.